The summed E-state index contributed by atoms with van der Waals surface area (Å²) < 4.78 is 0. The van der Waals surface area contributed by atoms with Gasteiger partial charge in [-0.1, -0.05) is 63.8 Å². The SMILES string of the molecule is CCCCC(CC)CC1NCCc2ccccc21. The van der Waals surface area contributed by atoms with Crippen LogP contribution < -0.4 is 5.32 Å². The van der Waals surface area contributed by atoms with Crippen molar-refractivity contribution < 1.29 is 0 Å². The molecule has 2 rings (SSSR count). The largest absolute Gasteiger partial charge is 0.310 e. The van der Waals surface area contributed by atoms with Crippen molar-refractivity contribution in [2.75, 3.05) is 6.54 Å². The molecule has 0 fully saturated rings. The molecule has 1 heterocycles. The van der Waals surface area contributed by atoms with Gasteiger partial charge in [-0.05, 0) is 36.4 Å². The number of fused-ring (bicyclic) bond motifs is 1. The van der Waals surface area contributed by atoms with Gasteiger partial charge in [-0.3, -0.25) is 0 Å². The third kappa shape index (κ3) is 3.35. The van der Waals surface area contributed by atoms with Crippen molar-refractivity contribution in [1.82, 2.24) is 5.32 Å². The van der Waals surface area contributed by atoms with Gasteiger partial charge < -0.3 is 5.32 Å². The third-order valence-corrected chi connectivity index (χ3v) is 4.33. The fourth-order valence-corrected chi connectivity index (χ4v) is 3.12. The zero-order valence-electron chi connectivity index (χ0n) is 11.9. The highest BCUT2D eigenvalue weighted by Crippen LogP contribution is 2.30. The Labute approximate surface area is 112 Å². The molecule has 2 unspecified atom stereocenters. The molecule has 18 heavy (non-hydrogen) atoms. The molecule has 1 aromatic rings. The van der Waals surface area contributed by atoms with Gasteiger partial charge in [-0.2, -0.15) is 0 Å². The van der Waals surface area contributed by atoms with E-state index in [1.54, 1.807) is 11.1 Å². The quantitative estimate of drug-likeness (QED) is 0.779. The second kappa shape index (κ2) is 6.94. The van der Waals surface area contributed by atoms with E-state index < -0.39 is 0 Å². The van der Waals surface area contributed by atoms with E-state index in [1.165, 1.54) is 38.5 Å². The van der Waals surface area contributed by atoms with Crippen molar-refractivity contribution in [3.8, 4) is 0 Å². The Morgan fingerprint density at radius 1 is 1.28 bits per heavy atom. The Bertz CT molecular complexity index is 358. The van der Waals surface area contributed by atoms with Crippen LogP contribution in [0.25, 0.3) is 0 Å². The summed E-state index contributed by atoms with van der Waals surface area (Å²) >= 11 is 0. The molecule has 0 spiro atoms. The van der Waals surface area contributed by atoms with Gasteiger partial charge in [0.05, 0.1) is 0 Å². The molecule has 0 aliphatic carbocycles. The Balaban J connectivity index is 2.01. The monoisotopic (exact) mass is 245 g/mol. The molecule has 0 radical (unpaired) electrons. The molecule has 1 heteroatoms. The summed E-state index contributed by atoms with van der Waals surface area (Å²) in [5.41, 5.74) is 3.12. The topological polar surface area (TPSA) is 12.0 Å². The van der Waals surface area contributed by atoms with E-state index in [4.69, 9.17) is 0 Å². The predicted molar refractivity (Wildman–Crippen MR) is 78.8 cm³/mol. The molecule has 2 atom stereocenters. The standard InChI is InChI=1S/C17H27N/c1-3-5-8-14(4-2)13-17-16-10-7-6-9-15(16)11-12-18-17/h6-7,9-10,14,17-18H,3-5,8,11-13H2,1-2H3. The molecular formula is C17H27N. The molecule has 0 saturated carbocycles. The van der Waals surface area contributed by atoms with Gasteiger partial charge in [-0.25, -0.2) is 0 Å². The molecule has 1 aromatic carbocycles. The van der Waals surface area contributed by atoms with Crippen molar-refractivity contribution in [3.63, 3.8) is 0 Å². The smallest absolute Gasteiger partial charge is 0.0325 e. The van der Waals surface area contributed by atoms with E-state index in [0.29, 0.717) is 6.04 Å². The second-order valence-electron chi connectivity index (χ2n) is 5.61. The predicted octanol–water partition coefficient (Wildman–Crippen LogP) is 4.48. The van der Waals surface area contributed by atoms with E-state index >= 15 is 0 Å². The van der Waals surface area contributed by atoms with Gasteiger partial charge >= 0.3 is 0 Å². The molecular weight excluding hydrogens is 218 g/mol. The van der Waals surface area contributed by atoms with Crippen LogP contribution in [0.4, 0.5) is 0 Å². The Kier molecular flexibility index (Phi) is 5.25. The lowest BCUT2D eigenvalue weighted by molar-refractivity contribution is 0.346. The summed E-state index contributed by atoms with van der Waals surface area (Å²) in [5.74, 6) is 0.883. The van der Waals surface area contributed by atoms with Crippen LogP contribution in [0.2, 0.25) is 0 Å². The summed E-state index contributed by atoms with van der Waals surface area (Å²) in [5, 5.41) is 3.72. The molecule has 1 aliphatic heterocycles. The summed E-state index contributed by atoms with van der Waals surface area (Å²) in [6, 6.07) is 9.58. The maximum atomic E-state index is 3.72. The summed E-state index contributed by atoms with van der Waals surface area (Å²) in [6.45, 7) is 5.78. The second-order valence-corrected chi connectivity index (χ2v) is 5.61. The first kappa shape index (κ1) is 13.6. The lowest BCUT2D eigenvalue weighted by Crippen LogP contribution is -2.31. The summed E-state index contributed by atoms with van der Waals surface area (Å²) in [6.07, 6.45) is 7.93. The first-order chi connectivity index (χ1) is 8.85. The van der Waals surface area contributed by atoms with Crippen molar-refractivity contribution >= 4 is 0 Å². The van der Waals surface area contributed by atoms with Crippen molar-refractivity contribution in [2.24, 2.45) is 5.92 Å². The first-order valence-electron chi connectivity index (χ1n) is 7.66. The summed E-state index contributed by atoms with van der Waals surface area (Å²) in [7, 11) is 0. The first-order valence-corrected chi connectivity index (χ1v) is 7.66. The minimum atomic E-state index is 0.594. The number of benzene rings is 1. The Morgan fingerprint density at radius 2 is 2.11 bits per heavy atom. The van der Waals surface area contributed by atoms with Crippen LogP contribution in [-0.4, -0.2) is 6.54 Å². The van der Waals surface area contributed by atoms with Gasteiger partial charge in [0, 0.05) is 6.04 Å². The molecule has 1 N–H and O–H groups in total. The highest BCUT2D eigenvalue weighted by molar-refractivity contribution is 5.32. The lowest BCUT2D eigenvalue weighted by atomic mass is 9.85. The molecule has 0 bridgehead atoms. The number of nitrogens with one attached hydrogen (secondary N) is 1. The average molecular weight is 245 g/mol. The minimum Gasteiger partial charge on any atom is -0.310 e. The number of hydrogen-bond acceptors (Lipinski definition) is 1. The highest BCUT2D eigenvalue weighted by atomic mass is 14.9. The zero-order chi connectivity index (χ0) is 12.8. The molecule has 1 aliphatic rings. The normalized spacial score (nSPS) is 20.4. The molecule has 0 amide bonds. The summed E-state index contributed by atoms with van der Waals surface area (Å²) in [4.78, 5) is 0. The van der Waals surface area contributed by atoms with Crippen LogP contribution in [0.3, 0.4) is 0 Å². The molecule has 0 saturated heterocycles. The van der Waals surface area contributed by atoms with E-state index in [1.807, 2.05) is 0 Å². The Morgan fingerprint density at radius 3 is 2.89 bits per heavy atom. The minimum absolute atomic E-state index is 0.594. The average Bonchev–Trinajstić information content (AvgIpc) is 2.43. The van der Waals surface area contributed by atoms with E-state index in [9.17, 15) is 0 Å². The van der Waals surface area contributed by atoms with Gasteiger partial charge in [0.1, 0.15) is 0 Å². The van der Waals surface area contributed by atoms with Crippen molar-refractivity contribution in [1.29, 1.82) is 0 Å². The van der Waals surface area contributed by atoms with Crippen molar-refractivity contribution in [3.05, 3.63) is 35.4 Å². The van der Waals surface area contributed by atoms with E-state index in [-0.39, 0.29) is 0 Å². The van der Waals surface area contributed by atoms with E-state index in [0.717, 1.165) is 12.5 Å². The maximum Gasteiger partial charge on any atom is 0.0325 e. The maximum absolute atomic E-state index is 3.72. The van der Waals surface area contributed by atoms with Crippen LogP contribution >= 0.6 is 0 Å². The van der Waals surface area contributed by atoms with Crippen LogP contribution in [0, 0.1) is 5.92 Å². The zero-order valence-corrected chi connectivity index (χ0v) is 11.9. The third-order valence-electron chi connectivity index (χ3n) is 4.33. The van der Waals surface area contributed by atoms with Gasteiger partial charge in [0.2, 0.25) is 0 Å². The van der Waals surface area contributed by atoms with Crippen molar-refractivity contribution in [2.45, 2.75) is 58.4 Å². The van der Waals surface area contributed by atoms with Crippen LogP contribution in [0.15, 0.2) is 24.3 Å². The highest BCUT2D eigenvalue weighted by Gasteiger charge is 2.21. The number of unbranched alkanes of at least 4 members (excludes halogenated alkanes) is 1. The number of hydrogen-bond donors (Lipinski definition) is 1. The molecule has 0 aromatic heterocycles. The van der Waals surface area contributed by atoms with Gasteiger partial charge in [-0.15, -0.1) is 0 Å². The van der Waals surface area contributed by atoms with Gasteiger partial charge in [0.15, 0.2) is 0 Å². The van der Waals surface area contributed by atoms with Crippen LogP contribution in [0.5, 0.6) is 0 Å². The lowest BCUT2D eigenvalue weighted by Gasteiger charge is -2.30. The molecule has 1 nitrogen and oxygen atoms in total. The van der Waals surface area contributed by atoms with E-state index in [2.05, 4.69) is 43.4 Å². The fourth-order valence-electron chi connectivity index (χ4n) is 3.12. The number of rotatable bonds is 6. The molecule has 100 valence electrons. The Hall–Kier alpha value is -0.820. The van der Waals surface area contributed by atoms with Crippen LogP contribution in [0.1, 0.15) is 63.1 Å². The fraction of sp³-hybridized carbons (Fsp3) is 0.647. The van der Waals surface area contributed by atoms with Gasteiger partial charge in [0.25, 0.3) is 0 Å². The van der Waals surface area contributed by atoms with Crippen LogP contribution in [-0.2, 0) is 6.42 Å².